The summed E-state index contributed by atoms with van der Waals surface area (Å²) in [5, 5.41) is 2.41. The third-order valence-corrected chi connectivity index (χ3v) is 7.17. The number of hydrogen-bond donors (Lipinski definition) is 0. The molecule has 2 aromatic carbocycles. The molecule has 22 heavy (non-hydrogen) atoms. The van der Waals surface area contributed by atoms with E-state index in [0.29, 0.717) is 34.8 Å². The van der Waals surface area contributed by atoms with E-state index in [1.54, 1.807) is 16.4 Å². The molecule has 1 aliphatic heterocycles. The highest BCUT2D eigenvalue weighted by atomic mass is 35.5. The molecule has 5 heteroatoms. The zero-order valence-corrected chi connectivity index (χ0v) is 13.8. The van der Waals surface area contributed by atoms with Crippen molar-refractivity contribution in [2.75, 3.05) is 13.1 Å². The fourth-order valence-electron chi connectivity index (χ4n) is 3.89. The molecule has 1 heterocycles. The van der Waals surface area contributed by atoms with Crippen LogP contribution in [0.2, 0.25) is 5.02 Å². The molecule has 2 bridgehead atoms. The Bertz CT molecular complexity index is 822. The van der Waals surface area contributed by atoms with E-state index in [1.807, 2.05) is 24.3 Å². The molecule has 4 rings (SSSR count). The number of halogens is 1. The van der Waals surface area contributed by atoms with Crippen LogP contribution in [-0.4, -0.2) is 25.8 Å². The second kappa shape index (κ2) is 5.22. The lowest BCUT2D eigenvalue weighted by atomic mass is 10.0. The fourth-order valence-corrected chi connectivity index (χ4v) is 5.76. The lowest BCUT2D eigenvalue weighted by molar-refractivity contribution is 0.261. The van der Waals surface area contributed by atoms with Crippen LogP contribution in [0, 0.1) is 11.8 Å². The molecule has 0 aromatic heterocycles. The largest absolute Gasteiger partial charge is 0.243 e. The van der Waals surface area contributed by atoms with Gasteiger partial charge in [-0.1, -0.05) is 29.8 Å². The Morgan fingerprint density at radius 2 is 1.77 bits per heavy atom. The molecule has 2 aromatic rings. The summed E-state index contributed by atoms with van der Waals surface area (Å²) in [6.45, 7) is 1.35. The zero-order chi connectivity index (χ0) is 15.3. The van der Waals surface area contributed by atoms with Gasteiger partial charge in [-0.15, -0.1) is 0 Å². The van der Waals surface area contributed by atoms with Crippen molar-refractivity contribution >= 4 is 32.4 Å². The Kier molecular flexibility index (Phi) is 3.44. The van der Waals surface area contributed by atoms with Crippen LogP contribution >= 0.6 is 11.6 Å². The molecule has 0 amide bonds. The molecule has 1 aliphatic carbocycles. The summed E-state index contributed by atoms with van der Waals surface area (Å²) in [6.07, 6.45) is 3.54. The van der Waals surface area contributed by atoms with Crippen LogP contribution in [0.25, 0.3) is 10.8 Å². The van der Waals surface area contributed by atoms with Crippen molar-refractivity contribution in [3.05, 3.63) is 41.4 Å². The number of piperidine rings is 1. The van der Waals surface area contributed by atoms with Gasteiger partial charge in [0.2, 0.25) is 10.0 Å². The van der Waals surface area contributed by atoms with E-state index in [2.05, 4.69) is 0 Å². The summed E-state index contributed by atoms with van der Waals surface area (Å²) >= 11 is 6.16. The topological polar surface area (TPSA) is 37.4 Å². The number of sulfonamides is 1. The quantitative estimate of drug-likeness (QED) is 0.834. The van der Waals surface area contributed by atoms with Gasteiger partial charge in [0.1, 0.15) is 0 Å². The average Bonchev–Trinajstić information content (AvgIpc) is 2.85. The molecule has 0 radical (unpaired) electrons. The number of hydrogen-bond acceptors (Lipinski definition) is 2. The Balaban J connectivity index is 1.74. The average molecular weight is 336 g/mol. The van der Waals surface area contributed by atoms with Gasteiger partial charge in [-0.05, 0) is 54.7 Å². The molecular formula is C17H18ClNO2S. The highest BCUT2D eigenvalue weighted by Crippen LogP contribution is 2.38. The summed E-state index contributed by atoms with van der Waals surface area (Å²) in [4.78, 5) is 0.378. The molecule has 3 nitrogen and oxygen atoms in total. The van der Waals surface area contributed by atoms with E-state index >= 15 is 0 Å². The normalized spacial score (nSPS) is 25.7. The van der Waals surface area contributed by atoms with Crippen molar-refractivity contribution in [1.82, 2.24) is 4.31 Å². The van der Waals surface area contributed by atoms with Crippen molar-refractivity contribution < 1.29 is 8.42 Å². The molecular weight excluding hydrogens is 318 g/mol. The van der Waals surface area contributed by atoms with Gasteiger partial charge in [0.25, 0.3) is 0 Å². The van der Waals surface area contributed by atoms with E-state index in [1.165, 1.54) is 19.3 Å². The maximum absolute atomic E-state index is 12.9. The van der Waals surface area contributed by atoms with Crippen molar-refractivity contribution in [2.24, 2.45) is 11.8 Å². The predicted molar refractivity (Wildman–Crippen MR) is 88.5 cm³/mol. The molecule has 2 aliphatic rings. The maximum Gasteiger partial charge on any atom is 0.243 e. The fraction of sp³-hybridized carbons (Fsp3) is 0.412. The summed E-state index contributed by atoms with van der Waals surface area (Å²) < 4.78 is 27.5. The first-order valence-electron chi connectivity index (χ1n) is 7.72. The second-order valence-electron chi connectivity index (χ2n) is 6.49. The van der Waals surface area contributed by atoms with Gasteiger partial charge in [0.15, 0.2) is 0 Å². The summed E-state index contributed by atoms with van der Waals surface area (Å²) in [6, 6.07) is 10.8. The predicted octanol–water partition coefficient (Wildman–Crippen LogP) is 3.91. The Morgan fingerprint density at radius 3 is 2.50 bits per heavy atom. The molecule has 2 unspecified atom stereocenters. The van der Waals surface area contributed by atoms with Gasteiger partial charge in [-0.3, -0.25) is 0 Å². The molecule has 2 atom stereocenters. The minimum Gasteiger partial charge on any atom is -0.207 e. The minimum absolute atomic E-state index is 0.378. The first-order chi connectivity index (χ1) is 10.5. The molecule has 0 N–H and O–H groups in total. The molecule has 1 saturated heterocycles. The summed E-state index contributed by atoms with van der Waals surface area (Å²) in [5.41, 5.74) is 0. The van der Waals surface area contributed by atoms with Crippen LogP contribution in [0.4, 0.5) is 0 Å². The number of rotatable bonds is 2. The van der Waals surface area contributed by atoms with E-state index in [9.17, 15) is 8.42 Å². The SMILES string of the molecule is O=S(=O)(c1ccc2c(Cl)cccc2c1)N1CC2CCC(C2)C1. The monoisotopic (exact) mass is 335 g/mol. The Labute approximate surface area is 135 Å². The third-order valence-electron chi connectivity index (χ3n) is 5.01. The lowest BCUT2D eigenvalue weighted by Gasteiger charge is -2.30. The van der Waals surface area contributed by atoms with Crippen LogP contribution < -0.4 is 0 Å². The van der Waals surface area contributed by atoms with E-state index in [-0.39, 0.29) is 0 Å². The van der Waals surface area contributed by atoms with E-state index < -0.39 is 10.0 Å². The van der Waals surface area contributed by atoms with Gasteiger partial charge in [-0.25, -0.2) is 8.42 Å². The smallest absolute Gasteiger partial charge is 0.207 e. The van der Waals surface area contributed by atoms with E-state index in [4.69, 9.17) is 11.6 Å². The van der Waals surface area contributed by atoms with Gasteiger partial charge >= 0.3 is 0 Å². The van der Waals surface area contributed by atoms with Crippen LogP contribution in [-0.2, 0) is 10.0 Å². The summed E-state index contributed by atoms with van der Waals surface area (Å²) in [7, 11) is -3.40. The van der Waals surface area contributed by atoms with Crippen LogP contribution in [0.5, 0.6) is 0 Å². The van der Waals surface area contributed by atoms with Gasteiger partial charge in [-0.2, -0.15) is 4.31 Å². The van der Waals surface area contributed by atoms with E-state index in [0.717, 1.165) is 10.8 Å². The van der Waals surface area contributed by atoms with Gasteiger partial charge in [0.05, 0.1) is 4.90 Å². The van der Waals surface area contributed by atoms with Crippen molar-refractivity contribution in [2.45, 2.75) is 24.2 Å². The molecule has 0 spiro atoms. The van der Waals surface area contributed by atoms with Gasteiger partial charge < -0.3 is 0 Å². The highest BCUT2D eigenvalue weighted by Gasteiger charge is 2.38. The molecule has 2 fully saturated rings. The Hall–Kier alpha value is -1.10. The van der Waals surface area contributed by atoms with Crippen LogP contribution in [0.15, 0.2) is 41.3 Å². The number of benzene rings is 2. The number of fused-ring (bicyclic) bond motifs is 3. The Morgan fingerprint density at radius 1 is 1.05 bits per heavy atom. The lowest BCUT2D eigenvalue weighted by Crippen LogP contribution is -2.40. The van der Waals surface area contributed by atoms with Crippen LogP contribution in [0.3, 0.4) is 0 Å². The van der Waals surface area contributed by atoms with Crippen LogP contribution in [0.1, 0.15) is 19.3 Å². The highest BCUT2D eigenvalue weighted by molar-refractivity contribution is 7.89. The summed E-state index contributed by atoms with van der Waals surface area (Å²) in [5.74, 6) is 1.09. The first kappa shape index (κ1) is 14.5. The van der Waals surface area contributed by atoms with Crippen molar-refractivity contribution in [3.63, 3.8) is 0 Å². The third kappa shape index (κ3) is 2.34. The van der Waals surface area contributed by atoms with Crippen molar-refractivity contribution in [1.29, 1.82) is 0 Å². The first-order valence-corrected chi connectivity index (χ1v) is 9.54. The minimum atomic E-state index is -3.40. The van der Waals surface area contributed by atoms with Crippen molar-refractivity contribution in [3.8, 4) is 0 Å². The maximum atomic E-state index is 12.9. The number of nitrogens with zero attached hydrogens (tertiary/aromatic N) is 1. The standard InChI is InChI=1S/C17H18ClNO2S/c18-17-3-1-2-14-9-15(6-7-16(14)17)22(20,21)19-10-12-4-5-13(8-12)11-19/h1-3,6-7,9,12-13H,4-5,8,10-11H2. The second-order valence-corrected chi connectivity index (χ2v) is 8.84. The molecule has 1 saturated carbocycles. The zero-order valence-electron chi connectivity index (χ0n) is 12.2. The van der Waals surface area contributed by atoms with Gasteiger partial charge in [0, 0.05) is 23.5 Å². The molecule has 116 valence electrons.